The van der Waals surface area contributed by atoms with Crippen molar-refractivity contribution in [1.29, 1.82) is 0 Å². The van der Waals surface area contributed by atoms with Crippen LogP contribution in [0.25, 0.3) is 0 Å². The predicted molar refractivity (Wildman–Crippen MR) is 93.8 cm³/mol. The van der Waals surface area contributed by atoms with Crippen molar-refractivity contribution in [2.75, 3.05) is 24.5 Å². The summed E-state index contributed by atoms with van der Waals surface area (Å²) in [5, 5.41) is 13.7. The van der Waals surface area contributed by atoms with Crippen molar-refractivity contribution >= 4 is 17.4 Å². The van der Waals surface area contributed by atoms with Gasteiger partial charge in [0.2, 0.25) is 0 Å². The normalized spacial score (nSPS) is 15.7. The zero-order valence-electron chi connectivity index (χ0n) is 13.4. The summed E-state index contributed by atoms with van der Waals surface area (Å²) in [6, 6.07) is 8.07. The number of benzene rings is 1. The van der Waals surface area contributed by atoms with E-state index in [9.17, 15) is 9.50 Å². The number of halogens is 2. The monoisotopic (exact) mass is 349 g/mol. The Balaban J connectivity index is 1.55. The van der Waals surface area contributed by atoms with Crippen LogP contribution in [0.3, 0.4) is 0 Å². The minimum absolute atomic E-state index is 0.240. The lowest BCUT2D eigenvalue weighted by Gasteiger charge is -2.17. The quantitative estimate of drug-likeness (QED) is 0.840. The predicted octanol–water partition coefficient (Wildman–Crippen LogP) is 3.30. The fourth-order valence-corrected chi connectivity index (χ4v) is 3.22. The van der Waals surface area contributed by atoms with Crippen LogP contribution < -0.4 is 10.2 Å². The maximum absolute atomic E-state index is 13.1. The molecule has 1 saturated heterocycles. The third-order valence-corrected chi connectivity index (χ3v) is 4.56. The number of hydrogen-bond acceptors (Lipinski definition) is 4. The molecule has 0 radical (unpaired) electrons. The second kappa shape index (κ2) is 7.92. The summed E-state index contributed by atoms with van der Waals surface area (Å²) in [5.41, 5.74) is 1.64. The molecule has 1 fully saturated rings. The van der Waals surface area contributed by atoms with Crippen molar-refractivity contribution in [3.05, 3.63) is 58.5 Å². The second-order valence-electron chi connectivity index (χ2n) is 6.03. The smallest absolute Gasteiger partial charge is 0.128 e. The van der Waals surface area contributed by atoms with Crippen molar-refractivity contribution in [3.8, 4) is 0 Å². The second-order valence-corrected chi connectivity index (χ2v) is 6.44. The van der Waals surface area contributed by atoms with Gasteiger partial charge in [0.1, 0.15) is 11.6 Å². The van der Waals surface area contributed by atoms with Gasteiger partial charge in [0.05, 0.1) is 6.10 Å². The summed E-state index contributed by atoms with van der Waals surface area (Å²) in [5.74, 6) is 0.601. The molecule has 1 aromatic heterocycles. The van der Waals surface area contributed by atoms with Crippen molar-refractivity contribution in [3.63, 3.8) is 0 Å². The summed E-state index contributed by atoms with van der Waals surface area (Å²) in [7, 11) is 0. The molecule has 0 spiro atoms. The average Bonchev–Trinajstić information content (AvgIpc) is 3.09. The van der Waals surface area contributed by atoms with Gasteiger partial charge in [0.25, 0.3) is 0 Å². The van der Waals surface area contributed by atoms with Gasteiger partial charge in [-0.25, -0.2) is 9.37 Å². The van der Waals surface area contributed by atoms with Crippen LogP contribution in [-0.2, 0) is 6.54 Å². The molecule has 128 valence electrons. The molecule has 1 aromatic carbocycles. The van der Waals surface area contributed by atoms with Crippen LogP contribution in [0.5, 0.6) is 0 Å². The Labute approximate surface area is 146 Å². The molecule has 2 heterocycles. The van der Waals surface area contributed by atoms with Crippen molar-refractivity contribution in [1.82, 2.24) is 10.3 Å². The summed E-state index contributed by atoms with van der Waals surface area (Å²) >= 11 is 5.97. The highest BCUT2D eigenvalue weighted by molar-refractivity contribution is 6.31. The zero-order chi connectivity index (χ0) is 16.9. The third kappa shape index (κ3) is 4.23. The number of aliphatic hydroxyl groups excluding tert-OH is 1. The van der Waals surface area contributed by atoms with Crippen LogP contribution in [0.4, 0.5) is 10.2 Å². The van der Waals surface area contributed by atoms with E-state index in [1.165, 1.54) is 31.0 Å². The number of aliphatic hydroxyl groups is 1. The number of hydrogen-bond donors (Lipinski definition) is 2. The number of anilines is 1. The Morgan fingerprint density at radius 3 is 2.79 bits per heavy atom. The summed E-state index contributed by atoms with van der Waals surface area (Å²) in [6.45, 7) is 3.09. The van der Waals surface area contributed by atoms with E-state index in [2.05, 4.69) is 21.3 Å². The highest BCUT2D eigenvalue weighted by Gasteiger charge is 2.14. The van der Waals surface area contributed by atoms with E-state index in [0.717, 1.165) is 24.5 Å². The van der Waals surface area contributed by atoms with E-state index in [1.807, 2.05) is 12.3 Å². The largest absolute Gasteiger partial charge is 0.387 e. The molecule has 2 aromatic rings. The average molecular weight is 350 g/mol. The fourth-order valence-electron chi connectivity index (χ4n) is 2.92. The van der Waals surface area contributed by atoms with Crippen LogP contribution in [0, 0.1) is 5.82 Å². The van der Waals surface area contributed by atoms with Gasteiger partial charge in [-0.1, -0.05) is 17.7 Å². The lowest BCUT2D eigenvalue weighted by atomic mass is 10.1. The highest BCUT2D eigenvalue weighted by Crippen LogP contribution is 2.23. The van der Waals surface area contributed by atoms with Gasteiger partial charge in [-0.15, -0.1) is 0 Å². The molecule has 1 atom stereocenters. The Morgan fingerprint density at radius 2 is 2.04 bits per heavy atom. The van der Waals surface area contributed by atoms with Gasteiger partial charge in [-0.2, -0.15) is 0 Å². The molecule has 0 aliphatic carbocycles. The molecule has 2 N–H and O–H groups in total. The summed E-state index contributed by atoms with van der Waals surface area (Å²) in [6.07, 6.45) is 3.47. The third-order valence-electron chi connectivity index (χ3n) is 4.23. The van der Waals surface area contributed by atoms with Gasteiger partial charge >= 0.3 is 0 Å². The molecule has 4 nitrogen and oxygen atoms in total. The molecule has 0 saturated carbocycles. The first-order valence-corrected chi connectivity index (χ1v) is 8.55. The SMILES string of the molecule is OC(CNCc1ccnc(N2CCCC2)c1)c1ccc(F)cc1Cl. The maximum Gasteiger partial charge on any atom is 0.128 e. The molecule has 3 rings (SSSR count). The van der Waals surface area contributed by atoms with Gasteiger partial charge < -0.3 is 15.3 Å². The Bertz CT molecular complexity index is 692. The molecule has 6 heteroatoms. The minimum Gasteiger partial charge on any atom is -0.387 e. The molecule has 1 unspecified atom stereocenters. The van der Waals surface area contributed by atoms with Gasteiger partial charge in [-0.05, 0) is 42.7 Å². The first-order valence-electron chi connectivity index (χ1n) is 8.17. The number of nitrogens with one attached hydrogen (secondary N) is 1. The van der Waals surface area contributed by atoms with Crippen LogP contribution in [0.1, 0.15) is 30.1 Å². The highest BCUT2D eigenvalue weighted by atomic mass is 35.5. The van der Waals surface area contributed by atoms with E-state index in [1.54, 1.807) is 0 Å². The number of pyridine rings is 1. The summed E-state index contributed by atoms with van der Waals surface area (Å²) in [4.78, 5) is 6.72. The van der Waals surface area contributed by atoms with Crippen molar-refractivity contribution in [2.24, 2.45) is 0 Å². The van der Waals surface area contributed by atoms with Crippen LogP contribution >= 0.6 is 11.6 Å². The van der Waals surface area contributed by atoms with Crippen molar-refractivity contribution in [2.45, 2.75) is 25.5 Å². The van der Waals surface area contributed by atoms with E-state index in [0.29, 0.717) is 18.7 Å². The van der Waals surface area contributed by atoms with E-state index in [-0.39, 0.29) is 5.02 Å². The lowest BCUT2D eigenvalue weighted by molar-refractivity contribution is 0.174. The summed E-state index contributed by atoms with van der Waals surface area (Å²) < 4.78 is 13.1. The van der Waals surface area contributed by atoms with Gasteiger partial charge in [0.15, 0.2) is 0 Å². The molecule has 24 heavy (non-hydrogen) atoms. The standard InChI is InChI=1S/C18H21ClFN3O/c19-16-10-14(20)3-4-15(16)17(24)12-21-11-13-5-6-22-18(9-13)23-7-1-2-8-23/h3-6,9-10,17,21,24H,1-2,7-8,11-12H2. The molecular formula is C18H21ClFN3O. The Morgan fingerprint density at radius 1 is 1.25 bits per heavy atom. The van der Waals surface area contributed by atoms with Crippen LogP contribution in [-0.4, -0.2) is 29.7 Å². The van der Waals surface area contributed by atoms with E-state index >= 15 is 0 Å². The first-order chi connectivity index (χ1) is 11.6. The maximum atomic E-state index is 13.1. The Kier molecular flexibility index (Phi) is 5.66. The molecule has 1 aliphatic heterocycles. The molecule has 1 aliphatic rings. The molecular weight excluding hydrogens is 329 g/mol. The first kappa shape index (κ1) is 17.1. The Hall–Kier alpha value is -1.69. The fraction of sp³-hybridized carbons (Fsp3) is 0.389. The van der Waals surface area contributed by atoms with Crippen molar-refractivity contribution < 1.29 is 9.50 Å². The number of aromatic nitrogens is 1. The van der Waals surface area contributed by atoms with Gasteiger partial charge in [-0.3, -0.25) is 0 Å². The van der Waals surface area contributed by atoms with Gasteiger partial charge in [0, 0.05) is 43.0 Å². The molecule has 0 bridgehead atoms. The topological polar surface area (TPSA) is 48.4 Å². The minimum atomic E-state index is -0.780. The van der Waals surface area contributed by atoms with Crippen LogP contribution in [0.15, 0.2) is 36.5 Å². The van der Waals surface area contributed by atoms with E-state index < -0.39 is 11.9 Å². The number of nitrogens with zero attached hydrogens (tertiary/aromatic N) is 2. The zero-order valence-corrected chi connectivity index (χ0v) is 14.1. The van der Waals surface area contributed by atoms with Crippen LogP contribution in [0.2, 0.25) is 5.02 Å². The number of rotatable bonds is 6. The molecule has 0 amide bonds. The lowest BCUT2D eigenvalue weighted by Crippen LogP contribution is -2.22. The van der Waals surface area contributed by atoms with E-state index in [4.69, 9.17) is 11.6 Å².